The smallest absolute Gasteiger partial charge is 0.252 e. The molecule has 1 aromatic rings. The van der Waals surface area contributed by atoms with Crippen molar-refractivity contribution < 1.29 is 19.5 Å². The van der Waals surface area contributed by atoms with Crippen LogP contribution < -0.4 is 4.90 Å². The summed E-state index contributed by atoms with van der Waals surface area (Å²) in [4.78, 5) is 15.6. The van der Waals surface area contributed by atoms with Crippen molar-refractivity contribution in [1.29, 1.82) is 0 Å². The zero-order valence-electron chi connectivity index (χ0n) is 12.9. The van der Waals surface area contributed by atoms with Crippen LogP contribution in [-0.4, -0.2) is 61.3 Å². The van der Waals surface area contributed by atoms with E-state index in [0.29, 0.717) is 13.2 Å². The molecule has 2 N–H and O–H groups in total. The van der Waals surface area contributed by atoms with Crippen LogP contribution in [0.2, 0.25) is 0 Å². The number of aliphatic hydroxyl groups is 1. The van der Waals surface area contributed by atoms with Crippen molar-refractivity contribution in [2.24, 2.45) is 0 Å². The lowest BCUT2D eigenvalue weighted by Crippen LogP contribution is -3.15. The Kier molecular flexibility index (Phi) is 5.08. The summed E-state index contributed by atoms with van der Waals surface area (Å²) in [5.41, 5.74) is 0.966. The van der Waals surface area contributed by atoms with Crippen LogP contribution in [-0.2, 0) is 9.53 Å². The van der Waals surface area contributed by atoms with Crippen molar-refractivity contribution in [3.05, 3.63) is 35.9 Å². The van der Waals surface area contributed by atoms with Crippen molar-refractivity contribution in [2.75, 3.05) is 39.3 Å². The lowest BCUT2D eigenvalue weighted by Gasteiger charge is -2.34. The second kappa shape index (κ2) is 7.22. The predicted octanol–water partition coefficient (Wildman–Crippen LogP) is -0.374. The normalized spacial score (nSPS) is 24.4. The zero-order valence-corrected chi connectivity index (χ0v) is 12.9. The predicted molar refractivity (Wildman–Crippen MR) is 82.5 cm³/mol. The third-order valence-corrected chi connectivity index (χ3v) is 4.65. The minimum Gasteiger partial charge on any atom is -0.382 e. The summed E-state index contributed by atoms with van der Waals surface area (Å²) in [6.07, 6.45) is 1.21. The number of rotatable bonds is 4. The highest BCUT2D eigenvalue weighted by molar-refractivity contribution is 5.81. The van der Waals surface area contributed by atoms with E-state index in [0.717, 1.165) is 44.6 Å². The highest BCUT2D eigenvalue weighted by atomic mass is 16.5. The first-order valence-electron chi connectivity index (χ1n) is 8.21. The quantitative estimate of drug-likeness (QED) is 0.798. The molecule has 0 aliphatic carbocycles. The van der Waals surface area contributed by atoms with Gasteiger partial charge in [-0.15, -0.1) is 0 Å². The first kappa shape index (κ1) is 15.5. The number of carbonyl (C=O) groups excluding carboxylic acids is 1. The number of nitrogens with one attached hydrogen (secondary N) is 1. The molecule has 0 radical (unpaired) electrons. The molecule has 3 rings (SSSR count). The average molecular weight is 305 g/mol. The topological polar surface area (TPSA) is 54.2 Å². The summed E-state index contributed by atoms with van der Waals surface area (Å²) in [6, 6.07) is 9.78. The Morgan fingerprint density at radius 3 is 2.68 bits per heavy atom. The minimum absolute atomic E-state index is 0.153. The van der Waals surface area contributed by atoms with Crippen molar-refractivity contribution in [1.82, 2.24) is 4.90 Å². The van der Waals surface area contributed by atoms with Gasteiger partial charge in [0.05, 0.1) is 26.2 Å². The number of hydrogen-bond donors (Lipinski definition) is 2. The SMILES string of the molecule is O=C([C@@H]1CCCO1)N1CC[NH+](C[C@H](O)c2ccccc2)CC1. The van der Waals surface area contributed by atoms with Crippen LogP contribution in [0, 0.1) is 0 Å². The van der Waals surface area contributed by atoms with Gasteiger partial charge in [-0.3, -0.25) is 4.79 Å². The van der Waals surface area contributed by atoms with Crippen LogP contribution >= 0.6 is 0 Å². The molecule has 2 saturated heterocycles. The standard InChI is InChI=1S/C17H24N2O3/c20-15(14-5-2-1-3-6-14)13-18-8-10-19(11-9-18)17(21)16-7-4-12-22-16/h1-3,5-6,15-16,20H,4,7-13H2/p+1/t15-,16-/m0/s1. The number of hydrogen-bond acceptors (Lipinski definition) is 3. The number of quaternary nitrogens is 1. The van der Waals surface area contributed by atoms with E-state index in [1.165, 1.54) is 4.90 Å². The highest BCUT2D eigenvalue weighted by Crippen LogP contribution is 2.15. The maximum atomic E-state index is 12.3. The molecule has 0 bridgehead atoms. The molecule has 2 heterocycles. The van der Waals surface area contributed by atoms with Crippen LogP contribution in [0.15, 0.2) is 30.3 Å². The Hall–Kier alpha value is -1.43. The molecule has 0 saturated carbocycles. The largest absolute Gasteiger partial charge is 0.382 e. The Morgan fingerprint density at radius 2 is 2.05 bits per heavy atom. The number of benzene rings is 1. The number of piperazine rings is 1. The summed E-state index contributed by atoms with van der Waals surface area (Å²) in [6.45, 7) is 4.71. The highest BCUT2D eigenvalue weighted by Gasteiger charge is 2.32. The molecule has 22 heavy (non-hydrogen) atoms. The lowest BCUT2D eigenvalue weighted by atomic mass is 10.1. The van der Waals surface area contributed by atoms with Crippen molar-refractivity contribution in [2.45, 2.75) is 25.0 Å². The van der Waals surface area contributed by atoms with E-state index in [1.54, 1.807) is 0 Å². The molecule has 2 fully saturated rings. The lowest BCUT2D eigenvalue weighted by molar-refractivity contribution is -0.907. The van der Waals surface area contributed by atoms with Crippen LogP contribution in [0.5, 0.6) is 0 Å². The van der Waals surface area contributed by atoms with E-state index in [1.807, 2.05) is 35.2 Å². The van der Waals surface area contributed by atoms with Gasteiger partial charge < -0.3 is 19.6 Å². The first-order valence-corrected chi connectivity index (χ1v) is 8.21. The van der Waals surface area contributed by atoms with Crippen LogP contribution in [0.1, 0.15) is 24.5 Å². The molecule has 120 valence electrons. The van der Waals surface area contributed by atoms with Gasteiger partial charge in [0.2, 0.25) is 0 Å². The number of carbonyl (C=O) groups is 1. The van der Waals surface area contributed by atoms with E-state index in [4.69, 9.17) is 4.74 Å². The maximum absolute atomic E-state index is 12.3. The van der Waals surface area contributed by atoms with Crippen molar-refractivity contribution >= 4 is 5.91 Å². The van der Waals surface area contributed by atoms with E-state index in [2.05, 4.69) is 0 Å². The third kappa shape index (κ3) is 3.66. The van der Waals surface area contributed by atoms with Gasteiger partial charge in [-0.1, -0.05) is 30.3 Å². The molecule has 1 aromatic carbocycles. The molecule has 0 unspecified atom stereocenters. The third-order valence-electron chi connectivity index (χ3n) is 4.65. The number of amides is 1. The van der Waals surface area contributed by atoms with E-state index >= 15 is 0 Å². The summed E-state index contributed by atoms with van der Waals surface area (Å²) in [7, 11) is 0. The van der Waals surface area contributed by atoms with Gasteiger partial charge in [-0.2, -0.15) is 0 Å². The van der Waals surface area contributed by atoms with Crippen LogP contribution in [0.4, 0.5) is 0 Å². The fraction of sp³-hybridized carbons (Fsp3) is 0.588. The van der Waals surface area contributed by atoms with E-state index in [9.17, 15) is 9.90 Å². The molecule has 5 nitrogen and oxygen atoms in total. The zero-order chi connectivity index (χ0) is 15.4. The monoisotopic (exact) mass is 305 g/mol. The van der Waals surface area contributed by atoms with Gasteiger partial charge >= 0.3 is 0 Å². The van der Waals surface area contributed by atoms with E-state index in [-0.39, 0.29) is 12.0 Å². The van der Waals surface area contributed by atoms with Crippen LogP contribution in [0.3, 0.4) is 0 Å². The fourth-order valence-corrected chi connectivity index (χ4v) is 3.29. The fourth-order valence-electron chi connectivity index (χ4n) is 3.29. The Balaban J connectivity index is 1.46. The molecule has 1 amide bonds. The molecule has 2 aliphatic rings. The number of ether oxygens (including phenoxy) is 1. The molecular weight excluding hydrogens is 280 g/mol. The summed E-state index contributed by atoms with van der Waals surface area (Å²) in [5.74, 6) is 0.153. The molecule has 0 aromatic heterocycles. The van der Waals surface area contributed by atoms with Gasteiger partial charge in [-0.05, 0) is 18.4 Å². The molecule has 5 heteroatoms. The van der Waals surface area contributed by atoms with E-state index < -0.39 is 6.10 Å². The Bertz CT molecular complexity index is 480. The first-order chi connectivity index (χ1) is 10.7. The van der Waals surface area contributed by atoms with Crippen LogP contribution in [0.25, 0.3) is 0 Å². The molecule has 2 atom stereocenters. The number of nitrogens with zero attached hydrogens (tertiary/aromatic N) is 1. The molecule has 0 spiro atoms. The molecular formula is C17H25N2O3+. The summed E-state index contributed by atoms with van der Waals surface area (Å²) in [5, 5.41) is 10.3. The Morgan fingerprint density at radius 1 is 1.32 bits per heavy atom. The maximum Gasteiger partial charge on any atom is 0.252 e. The van der Waals surface area contributed by atoms with Crippen molar-refractivity contribution in [3.63, 3.8) is 0 Å². The second-order valence-electron chi connectivity index (χ2n) is 6.21. The molecule has 2 aliphatic heterocycles. The second-order valence-corrected chi connectivity index (χ2v) is 6.21. The Labute approximate surface area is 131 Å². The van der Waals surface area contributed by atoms with Gasteiger partial charge in [0.25, 0.3) is 5.91 Å². The van der Waals surface area contributed by atoms with Gasteiger partial charge in [0, 0.05) is 6.61 Å². The van der Waals surface area contributed by atoms with Gasteiger partial charge in [-0.25, -0.2) is 0 Å². The summed E-state index contributed by atoms with van der Waals surface area (Å²) < 4.78 is 5.48. The number of aliphatic hydroxyl groups excluding tert-OH is 1. The minimum atomic E-state index is -0.434. The van der Waals surface area contributed by atoms with Gasteiger partial charge in [0.15, 0.2) is 0 Å². The summed E-state index contributed by atoms with van der Waals surface area (Å²) >= 11 is 0. The average Bonchev–Trinajstić information content (AvgIpc) is 3.10. The van der Waals surface area contributed by atoms with Crippen molar-refractivity contribution in [3.8, 4) is 0 Å². The van der Waals surface area contributed by atoms with Gasteiger partial charge in [0.1, 0.15) is 18.8 Å².